The Morgan fingerprint density at radius 3 is 2.30 bits per heavy atom. The van der Waals surface area contributed by atoms with Crippen LogP contribution < -0.4 is 5.32 Å². The summed E-state index contributed by atoms with van der Waals surface area (Å²) in [5.74, 6) is -2.42. The standard InChI is InChI=1S/C12H19N3O5/c1-8(2)15(7-3-6-13)12(20)14-9(11(18)19)4-5-10(16)17/h8-9H,3-5,7H2,1-2H3,(H,14,20)(H,16,17)(H,18,19). The van der Waals surface area contributed by atoms with Crippen molar-refractivity contribution in [2.24, 2.45) is 0 Å². The van der Waals surface area contributed by atoms with Crippen molar-refractivity contribution in [3.63, 3.8) is 0 Å². The molecule has 3 N–H and O–H groups in total. The fraction of sp³-hybridized carbons (Fsp3) is 0.667. The molecule has 0 aromatic heterocycles. The minimum atomic E-state index is -1.29. The number of hydrogen-bond acceptors (Lipinski definition) is 4. The summed E-state index contributed by atoms with van der Waals surface area (Å²) < 4.78 is 0. The third-order valence-corrected chi connectivity index (χ3v) is 2.59. The summed E-state index contributed by atoms with van der Waals surface area (Å²) in [4.78, 5) is 34.7. The molecule has 2 amide bonds. The van der Waals surface area contributed by atoms with E-state index in [1.54, 1.807) is 13.8 Å². The molecule has 1 unspecified atom stereocenters. The van der Waals surface area contributed by atoms with Gasteiger partial charge in [-0.2, -0.15) is 5.26 Å². The second-order valence-electron chi connectivity index (χ2n) is 4.47. The molecule has 0 rings (SSSR count). The van der Waals surface area contributed by atoms with Gasteiger partial charge in [-0.05, 0) is 20.3 Å². The van der Waals surface area contributed by atoms with Crippen LogP contribution in [0.2, 0.25) is 0 Å². The Morgan fingerprint density at radius 2 is 1.90 bits per heavy atom. The smallest absolute Gasteiger partial charge is 0.326 e. The first-order chi connectivity index (χ1) is 9.29. The monoisotopic (exact) mass is 285 g/mol. The summed E-state index contributed by atoms with van der Waals surface area (Å²) in [5, 5.41) is 28.3. The Morgan fingerprint density at radius 1 is 1.30 bits per heavy atom. The predicted octanol–water partition coefficient (Wildman–Crippen LogP) is 0.638. The molecule has 0 saturated carbocycles. The number of nitrogens with one attached hydrogen (secondary N) is 1. The molecular weight excluding hydrogens is 266 g/mol. The second kappa shape index (κ2) is 8.74. The van der Waals surface area contributed by atoms with E-state index < -0.39 is 24.0 Å². The van der Waals surface area contributed by atoms with Crippen LogP contribution in [0, 0.1) is 11.3 Å². The first-order valence-corrected chi connectivity index (χ1v) is 6.18. The molecule has 20 heavy (non-hydrogen) atoms. The largest absolute Gasteiger partial charge is 0.481 e. The lowest BCUT2D eigenvalue weighted by molar-refractivity contribution is -0.140. The molecule has 0 spiro atoms. The van der Waals surface area contributed by atoms with Gasteiger partial charge in [-0.1, -0.05) is 0 Å². The number of carboxylic acids is 2. The zero-order valence-electron chi connectivity index (χ0n) is 11.5. The van der Waals surface area contributed by atoms with Crippen molar-refractivity contribution in [1.29, 1.82) is 5.26 Å². The molecule has 0 aliphatic carbocycles. The highest BCUT2D eigenvalue weighted by atomic mass is 16.4. The van der Waals surface area contributed by atoms with E-state index in [1.807, 2.05) is 6.07 Å². The Kier molecular flexibility index (Phi) is 7.74. The van der Waals surface area contributed by atoms with Crippen LogP contribution in [0.1, 0.15) is 33.1 Å². The maximum atomic E-state index is 11.9. The molecule has 8 heteroatoms. The molecule has 0 aliphatic rings. The van der Waals surface area contributed by atoms with E-state index in [0.29, 0.717) is 0 Å². The summed E-state index contributed by atoms with van der Waals surface area (Å²) in [7, 11) is 0. The van der Waals surface area contributed by atoms with Crippen LogP contribution in [0.25, 0.3) is 0 Å². The van der Waals surface area contributed by atoms with Crippen molar-refractivity contribution in [3.8, 4) is 6.07 Å². The molecular formula is C12H19N3O5. The molecule has 1 atom stereocenters. The lowest BCUT2D eigenvalue weighted by Gasteiger charge is -2.27. The molecule has 0 fully saturated rings. The van der Waals surface area contributed by atoms with Crippen molar-refractivity contribution >= 4 is 18.0 Å². The van der Waals surface area contributed by atoms with Crippen molar-refractivity contribution in [2.75, 3.05) is 6.54 Å². The Labute approximate surface area is 117 Å². The number of carbonyl (C=O) groups excluding carboxylic acids is 1. The topological polar surface area (TPSA) is 131 Å². The van der Waals surface area contributed by atoms with Gasteiger partial charge in [0.2, 0.25) is 0 Å². The average molecular weight is 285 g/mol. The third kappa shape index (κ3) is 6.58. The maximum absolute atomic E-state index is 11.9. The van der Waals surface area contributed by atoms with Crippen LogP contribution in [0.5, 0.6) is 0 Å². The highest BCUT2D eigenvalue weighted by molar-refractivity contribution is 5.83. The lowest BCUT2D eigenvalue weighted by Crippen LogP contribution is -2.50. The van der Waals surface area contributed by atoms with Gasteiger partial charge in [0.1, 0.15) is 6.04 Å². The summed E-state index contributed by atoms with van der Waals surface area (Å²) in [6.07, 6.45) is -0.407. The van der Waals surface area contributed by atoms with Crippen molar-refractivity contribution in [1.82, 2.24) is 10.2 Å². The van der Waals surface area contributed by atoms with Gasteiger partial charge in [-0.15, -0.1) is 0 Å². The molecule has 0 bridgehead atoms. The number of amides is 2. The summed E-state index contributed by atoms with van der Waals surface area (Å²) in [5.41, 5.74) is 0. The zero-order valence-corrected chi connectivity index (χ0v) is 11.5. The van der Waals surface area contributed by atoms with Crippen LogP contribution in [0.15, 0.2) is 0 Å². The van der Waals surface area contributed by atoms with Gasteiger partial charge in [0.15, 0.2) is 0 Å². The first-order valence-electron chi connectivity index (χ1n) is 6.18. The van der Waals surface area contributed by atoms with Crippen molar-refractivity contribution in [2.45, 2.75) is 45.2 Å². The fourth-order valence-electron chi connectivity index (χ4n) is 1.52. The van der Waals surface area contributed by atoms with E-state index in [-0.39, 0.29) is 31.8 Å². The van der Waals surface area contributed by atoms with Gasteiger partial charge in [-0.25, -0.2) is 9.59 Å². The number of aliphatic carboxylic acids is 2. The normalized spacial score (nSPS) is 11.5. The number of nitriles is 1. The summed E-state index contributed by atoms with van der Waals surface area (Å²) >= 11 is 0. The second-order valence-corrected chi connectivity index (χ2v) is 4.47. The van der Waals surface area contributed by atoms with Gasteiger partial charge in [-0.3, -0.25) is 4.79 Å². The van der Waals surface area contributed by atoms with E-state index in [0.717, 1.165) is 0 Å². The van der Waals surface area contributed by atoms with Gasteiger partial charge < -0.3 is 20.4 Å². The van der Waals surface area contributed by atoms with Crippen LogP contribution >= 0.6 is 0 Å². The highest BCUT2D eigenvalue weighted by Gasteiger charge is 2.24. The Bertz CT molecular complexity index is 402. The summed E-state index contributed by atoms with van der Waals surface area (Å²) in [6, 6.07) is -0.168. The molecule has 0 aromatic rings. The Balaban J connectivity index is 4.66. The highest BCUT2D eigenvalue weighted by Crippen LogP contribution is 2.04. The summed E-state index contributed by atoms with van der Waals surface area (Å²) in [6.45, 7) is 3.67. The molecule has 0 aliphatic heterocycles. The number of rotatable bonds is 8. The molecule has 112 valence electrons. The number of carbonyl (C=O) groups is 3. The third-order valence-electron chi connectivity index (χ3n) is 2.59. The zero-order chi connectivity index (χ0) is 15.7. The molecule has 8 nitrogen and oxygen atoms in total. The Hall–Kier alpha value is -2.30. The maximum Gasteiger partial charge on any atom is 0.326 e. The minimum Gasteiger partial charge on any atom is -0.481 e. The van der Waals surface area contributed by atoms with Gasteiger partial charge in [0, 0.05) is 19.0 Å². The van der Waals surface area contributed by atoms with Crippen LogP contribution in [0.4, 0.5) is 4.79 Å². The molecule has 0 saturated heterocycles. The van der Waals surface area contributed by atoms with E-state index in [9.17, 15) is 14.4 Å². The van der Waals surface area contributed by atoms with E-state index >= 15 is 0 Å². The van der Waals surface area contributed by atoms with Gasteiger partial charge in [0.25, 0.3) is 0 Å². The quantitative estimate of drug-likeness (QED) is 0.599. The molecule has 0 heterocycles. The average Bonchev–Trinajstić information content (AvgIpc) is 2.33. The number of carboxylic acid groups (broad SMARTS) is 2. The lowest BCUT2D eigenvalue weighted by atomic mass is 10.1. The van der Waals surface area contributed by atoms with E-state index in [4.69, 9.17) is 15.5 Å². The first kappa shape index (κ1) is 17.7. The van der Waals surface area contributed by atoms with Gasteiger partial charge >= 0.3 is 18.0 Å². The fourth-order valence-corrected chi connectivity index (χ4v) is 1.52. The number of urea groups is 1. The number of nitrogens with zero attached hydrogens (tertiary/aromatic N) is 2. The molecule has 0 aromatic carbocycles. The van der Waals surface area contributed by atoms with Crippen molar-refractivity contribution < 1.29 is 24.6 Å². The van der Waals surface area contributed by atoms with Gasteiger partial charge in [0.05, 0.1) is 12.5 Å². The van der Waals surface area contributed by atoms with Crippen LogP contribution in [0.3, 0.4) is 0 Å². The molecule has 0 radical (unpaired) electrons. The minimum absolute atomic E-state index is 0.137. The van der Waals surface area contributed by atoms with Crippen LogP contribution in [-0.2, 0) is 9.59 Å². The predicted molar refractivity (Wildman–Crippen MR) is 68.9 cm³/mol. The van der Waals surface area contributed by atoms with E-state index in [1.165, 1.54) is 4.90 Å². The number of hydrogen-bond donors (Lipinski definition) is 3. The van der Waals surface area contributed by atoms with Crippen molar-refractivity contribution in [3.05, 3.63) is 0 Å². The SMILES string of the molecule is CC(C)N(CCC#N)C(=O)NC(CCC(=O)O)C(=O)O. The van der Waals surface area contributed by atoms with E-state index in [2.05, 4.69) is 5.32 Å². The van der Waals surface area contributed by atoms with Crippen LogP contribution in [-0.4, -0.2) is 51.7 Å².